The van der Waals surface area contributed by atoms with Crippen LogP contribution in [0.25, 0.3) is 21.5 Å². The smallest absolute Gasteiger partial charge is 0.259 e. The summed E-state index contributed by atoms with van der Waals surface area (Å²) in [7, 11) is 0. The van der Waals surface area contributed by atoms with Crippen molar-refractivity contribution in [3.05, 3.63) is 80.4 Å². The first kappa shape index (κ1) is 19.5. The molecule has 1 N–H and O–H groups in total. The predicted octanol–water partition coefficient (Wildman–Crippen LogP) is 2.87. The quantitative estimate of drug-likeness (QED) is 0.380. The van der Waals surface area contributed by atoms with Crippen LogP contribution in [-0.4, -0.2) is 51.6 Å². The molecule has 0 aromatic heterocycles. The Balaban J connectivity index is 1.71. The standard InChI is InChI=1S/C23H20N2O7/c26-23-10-16(17-11-31-22(23)32-17)20(24(27)28)19(21(23)25(29)30)18-14-7-3-1-5-12(14)9-13-6-2-4-8-15(13)18/h1-9,16-17,19-22,26H,10-11H2/t16-,17+,19?,20?,21?,22+,23+/m0/s1. The SMILES string of the molecule is O=[N+]([O-])C1C(c2c3ccccc3cc3ccccc23)C([N+](=O)[O-])[C@]2(O)C[C@H]1[C@H]1CO[C@@H]2O1. The van der Waals surface area contributed by atoms with E-state index in [1.807, 2.05) is 54.6 Å². The lowest BCUT2D eigenvalue weighted by Gasteiger charge is -2.49. The van der Waals surface area contributed by atoms with Crippen LogP contribution in [0.2, 0.25) is 0 Å². The Morgan fingerprint density at radius 2 is 1.59 bits per heavy atom. The average Bonchev–Trinajstić information content (AvgIpc) is 3.23. The number of hydrogen-bond donors (Lipinski definition) is 1. The van der Waals surface area contributed by atoms with Gasteiger partial charge in [-0.15, -0.1) is 0 Å². The number of rotatable bonds is 3. The highest BCUT2D eigenvalue weighted by molar-refractivity contribution is 6.02. The van der Waals surface area contributed by atoms with E-state index in [4.69, 9.17) is 9.47 Å². The summed E-state index contributed by atoms with van der Waals surface area (Å²) in [6.07, 6.45) is -1.85. The molecule has 6 rings (SSSR count). The van der Waals surface area contributed by atoms with Gasteiger partial charge in [0.25, 0.3) is 6.04 Å². The third-order valence-electron chi connectivity index (χ3n) is 7.43. The molecule has 1 saturated carbocycles. The van der Waals surface area contributed by atoms with E-state index >= 15 is 0 Å². The lowest BCUT2D eigenvalue weighted by Crippen LogP contribution is -2.69. The van der Waals surface area contributed by atoms with Gasteiger partial charge in [-0.3, -0.25) is 20.2 Å². The minimum absolute atomic E-state index is 0.0788. The number of aliphatic hydroxyl groups is 1. The molecule has 164 valence electrons. The number of benzene rings is 3. The minimum atomic E-state index is -1.96. The second-order valence-corrected chi connectivity index (χ2v) is 8.96. The van der Waals surface area contributed by atoms with Crippen LogP contribution in [0.3, 0.4) is 0 Å². The van der Waals surface area contributed by atoms with Crippen molar-refractivity contribution < 1.29 is 24.4 Å². The van der Waals surface area contributed by atoms with Gasteiger partial charge in [0.1, 0.15) is 5.92 Å². The van der Waals surface area contributed by atoms with Crippen molar-refractivity contribution in [1.29, 1.82) is 0 Å². The maximum atomic E-state index is 12.5. The van der Waals surface area contributed by atoms with Gasteiger partial charge in [-0.1, -0.05) is 48.5 Å². The first-order chi connectivity index (χ1) is 15.4. The normalized spacial score (nSPS) is 35.8. The first-order valence-corrected chi connectivity index (χ1v) is 10.6. The van der Waals surface area contributed by atoms with Crippen molar-refractivity contribution in [2.75, 3.05) is 6.61 Å². The topological polar surface area (TPSA) is 125 Å². The van der Waals surface area contributed by atoms with Gasteiger partial charge in [-0.2, -0.15) is 0 Å². The van der Waals surface area contributed by atoms with Crippen LogP contribution in [0, 0.1) is 26.1 Å². The van der Waals surface area contributed by atoms with Crippen LogP contribution in [0.1, 0.15) is 17.9 Å². The molecule has 3 unspecified atom stereocenters. The molecule has 2 aliphatic heterocycles. The molecule has 3 aromatic rings. The van der Waals surface area contributed by atoms with Crippen molar-refractivity contribution in [3.63, 3.8) is 0 Å². The van der Waals surface area contributed by atoms with Gasteiger partial charge in [0.15, 0.2) is 11.9 Å². The molecule has 3 aliphatic rings. The highest BCUT2D eigenvalue weighted by Gasteiger charge is 2.73. The molecule has 9 heteroatoms. The van der Waals surface area contributed by atoms with E-state index in [2.05, 4.69) is 0 Å². The van der Waals surface area contributed by atoms with E-state index in [0.29, 0.717) is 16.3 Å². The fourth-order valence-corrected chi connectivity index (χ4v) is 6.21. The molecular weight excluding hydrogens is 416 g/mol. The van der Waals surface area contributed by atoms with Crippen molar-refractivity contribution in [3.8, 4) is 0 Å². The van der Waals surface area contributed by atoms with Crippen LogP contribution in [0.4, 0.5) is 0 Å². The van der Waals surface area contributed by atoms with Crippen molar-refractivity contribution >= 4 is 21.5 Å². The first-order valence-electron chi connectivity index (χ1n) is 10.6. The molecule has 2 saturated heterocycles. The third-order valence-corrected chi connectivity index (χ3v) is 7.43. The van der Waals surface area contributed by atoms with Crippen LogP contribution in [-0.2, 0) is 9.47 Å². The van der Waals surface area contributed by atoms with E-state index < -0.39 is 51.8 Å². The number of fused-ring (bicyclic) bond motifs is 8. The predicted molar refractivity (Wildman–Crippen MR) is 113 cm³/mol. The number of hydrogen-bond acceptors (Lipinski definition) is 7. The van der Waals surface area contributed by atoms with Gasteiger partial charge in [0.05, 0.1) is 18.6 Å². The van der Waals surface area contributed by atoms with Gasteiger partial charge >= 0.3 is 0 Å². The molecule has 2 heterocycles. The molecule has 9 nitrogen and oxygen atoms in total. The van der Waals surface area contributed by atoms with E-state index in [0.717, 1.165) is 10.8 Å². The van der Waals surface area contributed by atoms with Gasteiger partial charge in [0.2, 0.25) is 6.04 Å². The lowest BCUT2D eigenvalue weighted by molar-refractivity contribution is -0.607. The summed E-state index contributed by atoms with van der Waals surface area (Å²) in [4.78, 5) is 23.9. The Labute approximate surface area is 181 Å². The molecule has 7 atom stereocenters. The molecule has 32 heavy (non-hydrogen) atoms. The van der Waals surface area contributed by atoms with Gasteiger partial charge in [0, 0.05) is 9.85 Å². The van der Waals surface area contributed by atoms with Crippen molar-refractivity contribution in [2.24, 2.45) is 5.92 Å². The Morgan fingerprint density at radius 3 is 2.19 bits per heavy atom. The van der Waals surface area contributed by atoms with Crippen LogP contribution in [0.15, 0.2) is 54.6 Å². The third kappa shape index (κ3) is 2.49. The molecule has 0 spiro atoms. The Kier molecular flexibility index (Phi) is 4.08. The molecule has 1 aliphatic carbocycles. The second kappa shape index (κ2) is 6.68. The lowest BCUT2D eigenvalue weighted by atomic mass is 9.60. The summed E-state index contributed by atoms with van der Waals surface area (Å²) in [6.45, 7) is 0.0788. The van der Waals surface area contributed by atoms with Crippen LogP contribution in [0.5, 0.6) is 0 Å². The highest BCUT2D eigenvalue weighted by atomic mass is 16.7. The number of ether oxygens (including phenoxy) is 2. The van der Waals surface area contributed by atoms with Crippen LogP contribution < -0.4 is 0 Å². The molecule has 4 bridgehead atoms. The summed E-state index contributed by atoms with van der Waals surface area (Å²) in [6, 6.07) is 13.8. The molecule has 0 amide bonds. The second-order valence-electron chi connectivity index (χ2n) is 8.96. The van der Waals surface area contributed by atoms with Gasteiger partial charge in [-0.05, 0) is 39.6 Å². The Morgan fingerprint density at radius 1 is 0.969 bits per heavy atom. The average molecular weight is 436 g/mol. The maximum absolute atomic E-state index is 12.5. The zero-order chi connectivity index (χ0) is 22.2. The zero-order valence-corrected chi connectivity index (χ0v) is 16.9. The number of nitrogens with zero attached hydrogens (tertiary/aromatic N) is 2. The molecular formula is C23H20N2O7. The van der Waals surface area contributed by atoms with Crippen molar-refractivity contribution in [2.45, 2.75) is 42.4 Å². The largest absolute Gasteiger partial charge is 0.378 e. The Hall–Kier alpha value is -3.14. The molecule has 3 aromatic carbocycles. The fraction of sp³-hybridized carbons (Fsp3) is 0.391. The fourth-order valence-electron chi connectivity index (χ4n) is 6.21. The van der Waals surface area contributed by atoms with Crippen molar-refractivity contribution in [1.82, 2.24) is 0 Å². The van der Waals surface area contributed by atoms with Crippen LogP contribution >= 0.6 is 0 Å². The molecule has 3 fully saturated rings. The summed E-state index contributed by atoms with van der Waals surface area (Å²) >= 11 is 0. The maximum Gasteiger partial charge on any atom is 0.259 e. The minimum Gasteiger partial charge on any atom is -0.378 e. The van der Waals surface area contributed by atoms with E-state index in [1.54, 1.807) is 0 Å². The molecule has 0 radical (unpaired) electrons. The number of nitro groups is 2. The Bertz CT molecular complexity index is 1230. The summed E-state index contributed by atoms with van der Waals surface area (Å²) in [5.41, 5.74) is -1.43. The van der Waals surface area contributed by atoms with Gasteiger partial charge < -0.3 is 14.6 Å². The van der Waals surface area contributed by atoms with E-state index in [9.17, 15) is 25.3 Å². The highest BCUT2D eigenvalue weighted by Crippen LogP contribution is 2.55. The van der Waals surface area contributed by atoms with E-state index in [1.165, 1.54) is 0 Å². The summed E-state index contributed by atoms with van der Waals surface area (Å²) < 4.78 is 11.3. The zero-order valence-electron chi connectivity index (χ0n) is 16.9. The summed E-state index contributed by atoms with van der Waals surface area (Å²) in [5.74, 6) is -1.86. The monoisotopic (exact) mass is 436 g/mol. The van der Waals surface area contributed by atoms with Gasteiger partial charge in [-0.25, -0.2) is 0 Å². The summed E-state index contributed by atoms with van der Waals surface area (Å²) in [5, 5.41) is 39.6. The van der Waals surface area contributed by atoms with E-state index in [-0.39, 0.29) is 13.0 Å².